The molecule has 0 spiro atoms. The minimum absolute atomic E-state index is 0.0342. The summed E-state index contributed by atoms with van der Waals surface area (Å²) in [4.78, 5) is 0. The highest BCUT2D eigenvalue weighted by molar-refractivity contribution is 4.84. The molecule has 0 rings (SSSR count). The van der Waals surface area contributed by atoms with Crippen LogP contribution in [0.15, 0.2) is 12.7 Å². The summed E-state index contributed by atoms with van der Waals surface area (Å²) in [5.74, 6) is 0. The lowest BCUT2D eigenvalue weighted by atomic mass is 10.0. The van der Waals surface area contributed by atoms with E-state index in [0.717, 1.165) is 0 Å². The van der Waals surface area contributed by atoms with Crippen LogP contribution in [0.2, 0.25) is 0 Å². The van der Waals surface area contributed by atoms with Crippen molar-refractivity contribution in [2.75, 3.05) is 0 Å². The molecule has 0 aromatic rings. The third kappa shape index (κ3) is 2.91. The number of halogens is 4. The molecule has 0 amide bonds. The van der Waals surface area contributed by atoms with Crippen LogP contribution in [0.1, 0.15) is 19.8 Å². The normalized spacial score (nSPS) is 17.5. The summed E-state index contributed by atoms with van der Waals surface area (Å²) in [5.41, 5.74) is -3.08. The van der Waals surface area contributed by atoms with E-state index in [0.29, 0.717) is 6.92 Å². The van der Waals surface area contributed by atoms with Crippen molar-refractivity contribution in [1.82, 2.24) is 0 Å². The van der Waals surface area contributed by atoms with Gasteiger partial charge in [-0.1, -0.05) is 6.08 Å². The van der Waals surface area contributed by atoms with Crippen LogP contribution in [0.3, 0.4) is 0 Å². The highest BCUT2D eigenvalue weighted by Gasteiger charge is 2.51. The molecule has 0 saturated heterocycles. The Hall–Kier alpha value is -0.540. The zero-order chi connectivity index (χ0) is 9.12. The van der Waals surface area contributed by atoms with Crippen molar-refractivity contribution in [1.29, 1.82) is 0 Å². The molecule has 66 valence electrons. The standard InChI is InChI=1S/C7H10F4/c1-3-4-5-6(2,8)7(9,10)11/h3H,1,4-5H2,2H3. The molecule has 0 saturated carbocycles. The van der Waals surface area contributed by atoms with E-state index < -0.39 is 18.3 Å². The van der Waals surface area contributed by atoms with Crippen molar-refractivity contribution < 1.29 is 17.6 Å². The smallest absolute Gasteiger partial charge is 0.234 e. The van der Waals surface area contributed by atoms with Crippen molar-refractivity contribution in [3.63, 3.8) is 0 Å². The molecule has 0 nitrogen and oxygen atoms in total. The number of hydrogen-bond acceptors (Lipinski definition) is 0. The fraction of sp³-hybridized carbons (Fsp3) is 0.714. The lowest BCUT2D eigenvalue weighted by Crippen LogP contribution is -2.37. The maximum atomic E-state index is 12.6. The van der Waals surface area contributed by atoms with Crippen molar-refractivity contribution in [3.8, 4) is 0 Å². The fourth-order valence-electron chi connectivity index (χ4n) is 0.515. The van der Waals surface area contributed by atoms with E-state index in [1.165, 1.54) is 6.08 Å². The summed E-state index contributed by atoms with van der Waals surface area (Å²) >= 11 is 0. The van der Waals surface area contributed by atoms with Gasteiger partial charge < -0.3 is 0 Å². The van der Waals surface area contributed by atoms with Crippen LogP contribution in [0.4, 0.5) is 17.6 Å². The average Bonchev–Trinajstić information content (AvgIpc) is 1.81. The third-order valence-corrected chi connectivity index (χ3v) is 1.41. The quantitative estimate of drug-likeness (QED) is 0.450. The second-order valence-corrected chi connectivity index (χ2v) is 2.52. The van der Waals surface area contributed by atoms with Gasteiger partial charge in [0.15, 0.2) is 0 Å². The Balaban J connectivity index is 4.10. The van der Waals surface area contributed by atoms with Gasteiger partial charge in [0.05, 0.1) is 0 Å². The number of allylic oxidation sites excluding steroid dienone is 1. The van der Waals surface area contributed by atoms with E-state index in [1.807, 2.05) is 0 Å². The largest absolute Gasteiger partial charge is 0.422 e. The first kappa shape index (κ1) is 10.5. The van der Waals surface area contributed by atoms with E-state index in [1.54, 1.807) is 0 Å². The van der Waals surface area contributed by atoms with Crippen LogP contribution in [-0.2, 0) is 0 Å². The average molecular weight is 170 g/mol. The highest BCUT2D eigenvalue weighted by Crippen LogP contribution is 2.36. The molecule has 0 aliphatic carbocycles. The highest BCUT2D eigenvalue weighted by atomic mass is 19.4. The van der Waals surface area contributed by atoms with Gasteiger partial charge in [-0.05, 0) is 19.8 Å². The number of hydrogen-bond donors (Lipinski definition) is 0. The topological polar surface area (TPSA) is 0 Å². The van der Waals surface area contributed by atoms with Gasteiger partial charge in [-0.15, -0.1) is 6.58 Å². The van der Waals surface area contributed by atoms with Gasteiger partial charge in [-0.25, -0.2) is 4.39 Å². The molecule has 0 N–H and O–H groups in total. The third-order valence-electron chi connectivity index (χ3n) is 1.41. The van der Waals surface area contributed by atoms with Crippen molar-refractivity contribution in [2.45, 2.75) is 31.6 Å². The van der Waals surface area contributed by atoms with Crippen LogP contribution in [0.5, 0.6) is 0 Å². The monoisotopic (exact) mass is 170 g/mol. The van der Waals surface area contributed by atoms with Crippen LogP contribution < -0.4 is 0 Å². The molecule has 1 unspecified atom stereocenters. The Morgan fingerprint density at radius 2 is 1.73 bits per heavy atom. The van der Waals surface area contributed by atoms with Crippen LogP contribution in [0, 0.1) is 0 Å². The zero-order valence-electron chi connectivity index (χ0n) is 6.21. The van der Waals surface area contributed by atoms with E-state index in [-0.39, 0.29) is 6.42 Å². The second kappa shape index (κ2) is 3.24. The zero-order valence-corrected chi connectivity index (χ0v) is 6.21. The lowest BCUT2D eigenvalue weighted by Gasteiger charge is -2.22. The second-order valence-electron chi connectivity index (χ2n) is 2.52. The minimum atomic E-state index is -4.77. The summed E-state index contributed by atoms with van der Waals surface area (Å²) < 4.78 is 47.9. The summed E-state index contributed by atoms with van der Waals surface area (Å²) in [6.07, 6.45) is -4.02. The van der Waals surface area contributed by atoms with Crippen LogP contribution >= 0.6 is 0 Å². The number of alkyl halides is 4. The molecular formula is C7H10F4. The first-order valence-corrected chi connectivity index (χ1v) is 3.18. The van der Waals surface area contributed by atoms with E-state index in [2.05, 4.69) is 6.58 Å². The summed E-state index contributed by atoms with van der Waals surface area (Å²) in [6, 6.07) is 0. The Labute approximate surface area is 62.9 Å². The molecule has 0 radical (unpaired) electrons. The molecule has 0 aromatic heterocycles. The number of rotatable bonds is 3. The maximum Gasteiger partial charge on any atom is 0.422 e. The molecular weight excluding hydrogens is 160 g/mol. The summed E-state index contributed by atoms with van der Waals surface area (Å²) in [6.45, 7) is 3.75. The molecule has 0 fully saturated rings. The Morgan fingerprint density at radius 1 is 1.27 bits per heavy atom. The molecule has 0 heterocycles. The summed E-state index contributed by atoms with van der Waals surface area (Å²) in [7, 11) is 0. The first-order chi connectivity index (χ1) is 4.81. The maximum absolute atomic E-state index is 12.6. The van der Waals surface area contributed by atoms with Crippen LogP contribution in [-0.4, -0.2) is 11.8 Å². The van der Waals surface area contributed by atoms with Gasteiger partial charge in [-0.3, -0.25) is 0 Å². The molecule has 0 bridgehead atoms. The lowest BCUT2D eigenvalue weighted by molar-refractivity contribution is -0.225. The molecule has 1 atom stereocenters. The Kier molecular flexibility index (Phi) is 3.08. The van der Waals surface area contributed by atoms with Gasteiger partial charge in [-0.2, -0.15) is 13.2 Å². The van der Waals surface area contributed by atoms with E-state index in [9.17, 15) is 17.6 Å². The van der Waals surface area contributed by atoms with Gasteiger partial charge in [0.25, 0.3) is 0 Å². The van der Waals surface area contributed by atoms with Gasteiger partial charge in [0.1, 0.15) is 0 Å². The van der Waals surface area contributed by atoms with E-state index in [4.69, 9.17) is 0 Å². The fourth-order valence-corrected chi connectivity index (χ4v) is 0.515. The minimum Gasteiger partial charge on any atom is -0.234 e. The molecule has 11 heavy (non-hydrogen) atoms. The van der Waals surface area contributed by atoms with Gasteiger partial charge >= 0.3 is 6.18 Å². The predicted molar refractivity (Wildman–Crippen MR) is 35.0 cm³/mol. The Morgan fingerprint density at radius 3 is 2.00 bits per heavy atom. The summed E-state index contributed by atoms with van der Waals surface area (Å²) in [5, 5.41) is 0. The molecule has 0 aromatic carbocycles. The van der Waals surface area contributed by atoms with Gasteiger partial charge in [0.2, 0.25) is 5.67 Å². The molecule has 4 heteroatoms. The molecule has 0 aliphatic heterocycles. The first-order valence-electron chi connectivity index (χ1n) is 3.18. The van der Waals surface area contributed by atoms with Crippen molar-refractivity contribution >= 4 is 0 Å². The predicted octanol–water partition coefficient (Wildman–Crippen LogP) is 3.24. The van der Waals surface area contributed by atoms with Crippen molar-refractivity contribution in [2.24, 2.45) is 0 Å². The van der Waals surface area contributed by atoms with Crippen LogP contribution in [0.25, 0.3) is 0 Å². The van der Waals surface area contributed by atoms with Gasteiger partial charge in [0, 0.05) is 0 Å². The van der Waals surface area contributed by atoms with Crippen molar-refractivity contribution in [3.05, 3.63) is 12.7 Å². The van der Waals surface area contributed by atoms with E-state index >= 15 is 0 Å². The Bertz CT molecular complexity index is 134. The SMILES string of the molecule is C=CCCC(C)(F)C(F)(F)F. The molecule has 0 aliphatic rings.